The maximum Gasteiger partial charge on any atom is 0.242 e. The van der Waals surface area contributed by atoms with Gasteiger partial charge in [0.2, 0.25) is 5.91 Å². The van der Waals surface area contributed by atoms with Crippen LogP contribution in [0.1, 0.15) is 5.56 Å². The van der Waals surface area contributed by atoms with E-state index < -0.39 is 6.04 Å². The van der Waals surface area contributed by atoms with Gasteiger partial charge >= 0.3 is 0 Å². The molecule has 20 heavy (non-hydrogen) atoms. The molecule has 0 saturated carbocycles. The Morgan fingerprint density at radius 1 is 1.55 bits per heavy atom. The summed E-state index contributed by atoms with van der Waals surface area (Å²) in [5.74, 6) is -0.630. The van der Waals surface area contributed by atoms with Gasteiger partial charge in [-0.25, -0.2) is 4.39 Å². The number of nitrogens with two attached hydrogens (primary N) is 1. The summed E-state index contributed by atoms with van der Waals surface area (Å²) in [5, 5.41) is 0. The van der Waals surface area contributed by atoms with Crippen LogP contribution in [0.2, 0.25) is 0 Å². The molecule has 0 saturated heterocycles. The molecule has 1 aromatic carbocycles. The number of ether oxygens (including phenoxy) is 1. The number of hydrogen-bond acceptors (Lipinski definition) is 3. The lowest BCUT2D eigenvalue weighted by Gasteiger charge is -2.24. The second-order valence-electron chi connectivity index (χ2n) is 4.16. The lowest BCUT2D eigenvalue weighted by Crippen LogP contribution is -2.45. The maximum atomic E-state index is 13.6. The van der Waals surface area contributed by atoms with E-state index in [0.29, 0.717) is 12.1 Å². The van der Waals surface area contributed by atoms with Gasteiger partial charge in [0.05, 0.1) is 6.61 Å². The van der Waals surface area contributed by atoms with E-state index in [1.165, 1.54) is 18.1 Å². The summed E-state index contributed by atoms with van der Waals surface area (Å²) < 4.78 is 18.4. The van der Waals surface area contributed by atoms with Crippen molar-refractivity contribution in [1.29, 1.82) is 0 Å². The van der Waals surface area contributed by atoms with Crippen LogP contribution in [0.25, 0.3) is 0 Å². The van der Waals surface area contributed by atoms with Gasteiger partial charge in [0.25, 0.3) is 0 Å². The molecule has 1 atom stereocenters. The lowest BCUT2D eigenvalue weighted by molar-refractivity contribution is -0.133. The normalized spacial score (nSPS) is 11.3. The van der Waals surface area contributed by atoms with Crippen molar-refractivity contribution in [3.63, 3.8) is 0 Å². The lowest BCUT2D eigenvalue weighted by atomic mass is 10.2. The summed E-state index contributed by atoms with van der Waals surface area (Å²) in [6, 6.07) is 5.58. The highest BCUT2D eigenvalue weighted by Gasteiger charge is 2.21. The van der Waals surface area contributed by atoms with Crippen LogP contribution in [0, 0.1) is 5.82 Å². The van der Waals surface area contributed by atoms with Crippen molar-refractivity contribution < 1.29 is 13.9 Å². The van der Waals surface area contributed by atoms with E-state index in [1.54, 1.807) is 24.3 Å². The summed E-state index contributed by atoms with van der Waals surface area (Å²) in [7, 11) is 1.47. The fourth-order valence-corrected chi connectivity index (χ4v) is 1.71. The van der Waals surface area contributed by atoms with Crippen molar-refractivity contribution in [3.8, 4) is 0 Å². The van der Waals surface area contributed by atoms with Crippen LogP contribution in [-0.4, -0.2) is 37.1 Å². The highest BCUT2D eigenvalue weighted by molar-refractivity contribution is 5.85. The molecule has 0 spiro atoms. The van der Waals surface area contributed by atoms with E-state index in [9.17, 15) is 9.18 Å². The molecule has 112 valence electrons. The van der Waals surface area contributed by atoms with Crippen molar-refractivity contribution in [1.82, 2.24) is 4.90 Å². The Labute approximate surface area is 124 Å². The van der Waals surface area contributed by atoms with E-state index in [4.69, 9.17) is 10.5 Å². The van der Waals surface area contributed by atoms with Crippen LogP contribution in [0.5, 0.6) is 0 Å². The number of benzene rings is 1. The van der Waals surface area contributed by atoms with Crippen molar-refractivity contribution in [2.75, 3.05) is 20.3 Å². The zero-order valence-electron chi connectivity index (χ0n) is 11.4. The Bertz CT molecular complexity index is 443. The van der Waals surface area contributed by atoms with Gasteiger partial charge in [-0.2, -0.15) is 0 Å². The number of halogens is 2. The third-order valence-electron chi connectivity index (χ3n) is 2.64. The minimum absolute atomic E-state index is 0. The van der Waals surface area contributed by atoms with Crippen LogP contribution < -0.4 is 5.73 Å². The smallest absolute Gasteiger partial charge is 0.242 e. The van der Waals surface area contributed by atoms with Crippen molar-refractivity contribution in [2.45, 2.75) is 12.6 Å². The zero-order valence-corrected chi connectivity index (χ0v) is 12.2. The van der Waals surface area contributed by atoms with Crippen molar-refractivity contribution in [2.24, 2.45) is 5.73 Å². The highest BCUT2D eigenvalue weighted by atomic mass is 35.5. The first-order valence-corrected chi connectivity index (χ1v) is 5.97. The Balaban J connectivity index is 0.00000361. The first-order chi connectivity index (χ1) is 9.10. The summed E-state index contributed by atoms with van der Waals surface area (Å²) in [4.78, 5) is 13.5. The Morgan fingerprint density at radius 2 is 2.20 bits per heavy atom. The molecule has 0 radical (unpaired) electrons. The van der Waals surface area contributed by atoms with Gasteiger partial charge in [-0.15, -0.1) is 19.0 Å². The minimum Gasteiger partial charge on any atom is -0.383 e. The minimum atomic E-state index is -0.753. The van der Waals surface area contributed by atoms with E-state index in [-0.39, 0.29) is 37.3 Å². The standard InChI is InChI=1S/C14H19FN2O2.ClH/c1-3-8-17(14(18)13(16)10-19-2)9-11-6-4-5-7-12(11)15;/h3-7,13H,1,8-10,16H2,2H3;1H. The number of nitrogens with zero attached hydrogens (tertiary/aromatic N) is 1. The molecular formula is C14H20ClFN2O2. The van der Waals surface area contributed by atoms with E-state index >= 15 is 0 Å². The molecule has 6 heteroatoms. The van der Waals surface area contributed by atoms with E-state index in [0.717, 1.165) is 0 Å². The fraction of sp³-hybridized carbons (Fsp3) is 0.357. The average molecular weight is 303 g/mol. The molecule has 0 bridgehead atoms. The topological polar surface area (TPSA) is 55.6 Å². The molecule has 0 aliphatic carbocycles. The number of amides is 1. The van der Waals surface area contributed by atoms with E-state index in [2.05, 4.69) is 6.58 Å². The number of rotatable bonds is 7. The van der Waals surface area contributed by atoms with Gasteiger partial charge < -0.3 is 15.4 Å². The first kappa shape index (κ1) is 18.6. The predicted octanol–water partition coefficient (Wildman–Crippen LogP) is 1.74. The van der Waals surface area contributed by atoms with Gasteiger partial charge in [-0.3, -0.25) is 4.79 Å². The Morgan fingerprint density at radius 3 is 2.75 bits per heavy atom. The first-order valence-electron chi connectivity index (χ1n) is 5.97. The third-order valence-corrected chi connectivity index (χ3v) is 2.64. The van der Waals surface area contributed by atoms with E-state index in [1.807, 2.05) is 0 Å². The van der Waals surface area contributed by atoms with Gasteiger partial charge in [0.15, 0.2) is 0 Å². The molecule has 0 aliphatic heterocycles. The quantitative estimate of drug-likeness (QED) is 0.781. The van der Waals surface area contributed by atoms with Gasteiger partial charge in [0, 0.05) is 25.8 Å². The molecule has 1 rings (SSSR count). The van der Waals surface area contributed by atoms with Crippen LogP contribution in [0.3, 0.4) is 0 Å². The summed E-state index contributed by atoms with van der Waals surface area (Å²) in [5.41, 5.74) is 6.15. The van der Waals surface area contributed by atoms with Crippen LogP contribution in [0.4, 0.5) is 4.39 Å². The molecule has 0 aliphatic rings. The van der Waals surface area contributed by atoms with Crippen molar-refractivity contribution in [3.05, 3.63) is 48.3 Å². The second-order valence-corrected chi connectivity index (χ2v) is 4.16. The number of carbonyl (C=O) groups is 1. The Kier molecular flexibility index (Phi) is 8.79. The number of carbonyl (C=O) groups excluding carboxylic acids is 1. The SMILES string of the molecule is C=CCN(Cc1ccccc1F)C(=O)C(N)COC.Cl. The zero-order chi connectivity index (χ0) is 14.3. The maximum absolute atomic E-state index is 13.6. The van der Waals surface area contributed by atoms with Crippen molar-refractivity contribution >= 4 is 18.3 Å². The van der Waals surface area contributed by atoms with Gasteiger partial charge in [-0.05, 0) is 6.07 Å². The predicted molar refractivity (Wildman–Crippen MR) is 79.1 cm³/mol. The largest absolute Gasteiger partial charge is 0.383 e. The number of hydrogen-bond donors (Lipinski definition) is 1. The summed E-state index contributed by atoms with van der Waals surface area (Å²) >= 11 is 0. The molecule has 2 N–H and O–H groups in total. The van der Waals surface area contributed by atoms with Gasteiger partial charge in [0.1, 0.15) is 11.9 Å². The van der Waals surface area contributed by atoms with Crippen LogP contribution in [0.15, 0.2) is 36.9 Å². The van der Waals surface area contributed by atoms with Gasteiger partial charge in [-0.1, -0.05) is 24.3 Å². The Hall–Kier alpha value is -1.43. The van der Waals surface area contributed by atoms with Crippen LogP contribution >= 0.6 is 12.4 Å². The molecule has 1 unspecified atom stereocenters. The molecule has 1 aromatic rings. The average Bonchev–Trinajstić information content (AvgIpc) is 2.40. The summed E-state index contributed by atoms with van der Waals surface area (Å²) in [6.07, 6.45) is 1.58. The molecule has 4 nitrogen and oxygen atoms in total. The second kappa shape index (κ2) is 9.47. The molecule has 0 heterocycles. The fourth-order valence-electron chi connectivity index (χ4n) is 1.71. The molecule has 0 aromatic heterocycles. The molecule has 1 amide bonds. The third kappa shape index (κ3) is 5.28. The molecule has 0 fully saturated rings. The number of methoxy groups -OCH3 is 1. The summed E-state index contributed by atoms with van der Waals surface area (Å²) in [6.45, 7) is 4.19. The monoisotopic (exact) mass is 302 g/mol. The highest BCUT2D eigenvalue weighted by Crippen LogP contribution is 2.10. The van der Waals surface area contributed by atoms with Crippen LogP contribution in [-0.2, 0) is 16.1 Å². The molecular weight excluding hydrogens is 283 g/mol.